The molecular weight excluding hydrogens is 364 g/mol. The van der Waals surface area contributed by atoms with Gasteiger partial charge in [0.2, 0.25) is 11.8 Å². The van der Waals surface area contributed by atoms with Crippen LogP contribution in [0.2, 0.25) is 0 Å². The minimum Gasteiger partial charge on any atom is -0.411 e. The van der Waals surface area contributed by atoms with E-state index in [9.17, 15) is 9.59 Å². The van der Waals surface area contributed by atoms with Crippen molar-refractivity contribution in [1.29, 1.82) is 0 Å². The van der Waals surface area contributed by atoms with E-state index >= 15 is 0 Å². The quantitative estimate of drug-likeness (QED) is 0.609. The number of hydrogen-bond donors (Lipinski definition) is 2. The average molecular weight is 382 g/mol. The zero-order valence-corrected chi connectivity index (χ0v) is 15.5. The van der Waals surface area contributed by atoms with Crippen molar-refractivity contribution in [3.8, 4) is 11.5 Å². The third-order valence-electron chi connectivity index (χ3n) is 3.50. The van der Waals surface area contributed by atoms with E-state index in [-0.39, 0.29) is 17.6 Å². The van der Waals surface area contributed by atoms with Crippen LogP contribution in [0.1, 0.15) is 17.3 Å². The molecule has 1 aromatic heterocycles. The minimum absolute atomic E-state index is 0.113. The smallest absolute Gasteiger partial charge is 0.277 e. The summed E-state index contributed by atoms with van der Waals surface area (Å²) in [4.78, 5) is 24.0. The van der Waals surface area contributed by atoms with Crippen LogP contribution in [0.3, 0.4) is 0 Å². The molecule has 7 nitrogen and oxygen atoms in total. The highest BCUT2D eigenvalue weighted by atomic mass is 32.2. The first-order valence-corrected chi connectivity index (χ1v) is 9.34. The van der Waals surface area contributed by atoms with Gasteiger partial charge in [0, 0.05) is 23.4 Å². The molecule has 2 amide bonds. The SMILES string of the molecule is CCNC(=O)c1cccc(NC(=O)CSc2nnc(-c3ccccc3)o2)c1. The highest BCUT2D eigenvalue weighted by Gasteiger charge is 2.12. The van der Waals surface area contributed by atoms with Gasteiger partial charge in [0.05, 0.1) is 5.75 Å². The van der Waals surface area contributed by atoms with Crippen LogP contribution in [-0.4, -0.2) is 34.3 Å². The third-order valence-corrected chi connectivity index (χ3v) is 4.32. The van der Waals surface area contributed by atoms with Crippen LogP contribution in [0, 0.1) is 0 Å². The van der Waals surface area contributed by atoms with Gasteiger partial charge >= 0.3 is 0 Å². The standard InChI is InChI=1S/C19H18N4O3S/c1-2-20-17(25)14-9-6-10-15(11-14)21-16(24)12-27-19-23-22-18(26-19)13-7-4-3-5-8-13/h3-11H,2,12H2,1H3,(H,20,25)(H,21,24). The molecule has 0 spiro atoms. The molecule has 27 heavy (non-hydrogen) atoms. The summed E-state index contributed by atoms with van der Waals surface area (Å²) in [5.74, 6) is 0.116. The molecule has 3 aromatic rings. The van der Waals surface area contributed by atoms with E-state index < -0.39 is 0 Å². The van der Waals surface area contributed by atoms with Crippen molar-refractivity contribution in [1.82, 2.24) is 15.5 Å². The first-order chi connectivity index (χ1) is 13.2. The number of amides is 2. The van der Waals surface area contributed by atoms with Crippen molar-refractivity contribution in [2.45, 2.75) is 12.1 Å². The summed E-state index contributed by atoms with van der Waals surface area (Å²) in [5, 5.41) is 13.7. The summed E-state index contributed by atoms with van der Waals surface area (Å²) in [6.07, 6.45) is 0. The van der Waals surface area contributed by atoms with Gasteiger partial charge in [-0.15, -0.1) is 10.2 Å². The van der Waals surface area contributed by atoms with Crippen molar-refractivity contribution in [2.24, 2.45) is 0 Å². The largest absolute Gasteiger partial charge is 0.411 e. The van der Waals surface area contributed by atoms with Crippen molar-refractivity contribution in [3.63, 3.8) is 0 Å². The molecule has 0 saturated heterocycles. The van der Waals surface area contributed by atoms with E-state index in [1.807, 2.05) is 37.3 Å². The maximum atomic E-state index is 12.1. The number of aromatic nitrogens is 2. The number of nitrogens with one attached hydrogen (secondary N) is 2. The number of rotatable bonds is 7. The Balaban J connectivity index is 1.55. The summed E-state index contributed by atoms with van der Waals surface area (Å²) in [6.45, 7) is 2.39. The van der Waals surface area contributed by atoms with Gasteiger partial charge in [0.15, 0.2) is 0 Å². The Bertz CT molecular complexity index is 927. The number of benzene rings is 2. The zero-order valence-electron chi connectivity index (χ0n) is 14.6. The molecule has 0 aliphatic carbocycles. The predicted octanol–water partition coefficient (Wildman–Crippen LogP) is 3.22. The van der Waals surface area contributed by atoms with Crippen LogP contribution >= 0.6 is 11.8 Å². The first-order valence-electron chi connectivity index (χ1n) is 8.35. The molecule has 0 fully saturated rings. The van der Waals surface area contributed by atoms with E-state index in [1.54, 1.807) is 24.3 Å². The molecule has 3 rings (SSSR count). The van der Waals surface area contributed by atoms with E-state index in [0.29, 0.717) is 28.9 Å². The van der Waals surface area contributed by atoms with Gasteiger partial charge in [-0.25, -0.2) is 0 Å². The fraction of sp³-hybridized carbons (Fsp3) is 0.158. The molecule has 0 bridgehead atoms. The van der Waals surface area contributed by atoms with Gasteiger partial charge in [-0.2, -0.15) is 0 Å². The molecule has 138 valence electrons. The summed E-state index contributed by atoms with van der Waals surface area (Å²) < 4.78 is 5.56. The summed E-state index contributed by atoms with van der Waals surface area (Å²) in [6, 6.07) is 16.2. The van der Waals surface area contributed by atoms with Crippen LogP contribution in [0.25, 0.3) is 11.5 Å². The fourth-order valence-corrected chi connectivity index (χ4v) is 2.85. The van der Waals surface area contributed by atoms with Crippen LogP contribution in [0.5, 0.6) is 0 Å². The number of carbonyl (C=O) groups excluding carboxylic acids is 2. The van der Waals surface area contributed by atoms with Crippen molar-refractivity contribution in [3.05, 3.63) is 60.2 Å². The molecule has 8 heteroatoms. The Kier molecular flexibility index (Phi) is 6.22. The van der Waals surface area contributed by atoms with Crippen LogP contribution in [0.15, 0.2) is 64.2 Å². The predicted molar refractivity (Wildman–Crippen MR) is 104 cm³/mol. The normalized spacial score (nSPS) is 10.4. The Hall–Kier alpha value is -3.13. The Labute approximate surface area is 160 Å². The van der Waals surface area contributed by atoms with Crippen molar-refractivity contribution >= 4 is 29.3 Å². The highest BCUT2D eigenvalue weighted by Crippen LogP contribution is 2.23. The third kappa shape index (κ3) is 5.18. The maximum Gasteiger partial charge on any atom is 0.277 e. The van der Waals surface area contributed by atoms with Gasteiger partial charge in [-0.3, -0.25) is 9.59 Å². The van der Waals surface area contributed by atoms with Crippen LogP contribution in [0.4, 0.5) is 5.69 Å². The van der Waals surface area contributed by atoms with E-state index in [4.69, 9.17) is 4.42 Å². The number of nitrogens with zero attached hydrogens (tertiary/aromatic N) is 2. The lowest BCUT2D eigenvalue weighted by molar-refractivity contribution is -0.113. The molecule has 0 radical (unpaired) electrons. The van der Waals surface area contributed by atoms with E-state index in [1.165, 1.54) is 0 Å². The Morgan fingerprint density at radius 2 is 1.89 bits per heavy atom. The number of carbonyl (C=O) groups is 2. The average Bonchev–Trinajstić information content (AvgIpc) is 3.17. The topological polar surface area (TPSA) is 97.1 Å². The summed E-state index contributed by atoms with van der Waals surface area (Å²) >= 11 is 1.15. The highest BCUT2D eigenvalue weighted by molar-refractivity contribution is 7.99. The van der Waals surface area contributed by atoms with Gasteiger partial charge in [0.25, 0.3) is 11.1 Å². The lowest BCUT2D eigenvalue weighted by Crippen LogP contribution is -2.23. The first kappa shape index (κ1) is 18.7. The zero-order chi connectivity index (χ0) is 19.1. The van der Waals surface area contributed by atoms with Crippen molar-refractivity contribution in [2.75, 3.05) is 17.6 Å². The van der Waals surface area contributed by atoms with Crippen molar-refractivity contribution < 1.29 is 14.0 Å². The molecule has 2 aromatic carbocycles. The Morgan fingerprint density at radius 3 is 2.67 bits per heavy atom. The van der Waals surface area contributed by atoms with Gasteiger partial charge in [0.1, 0.15) is 0 Å². The number of hydrogen-bond acceptors (Lipinski definition) is 6. The monoisotopic (exact) mass is 382 g/mol. The van der Waals surface area contributed by atoms with Crippen LogP contribution in [-0.2, 0) is 4.79 Å². The van der Waals surface area contributed by atoms with E-state index in [0.717, 1.165) is 17.3 Å². The second kappa shape index (κ2) is 9.00. The summed E-state index contributed by atoms with van der Waals surface area (Å²) in [5.41, 5.74) is 1.87. The molecule has 1 heterocycles. The lowest BCUT2D eigenvalue weighted by atomic mass is 10.2. The number of anilines is 1. The second-order valence-electron chi connectivity index (χ2n) is 5.52. The molecule has 0 aliphatic heterocycles. The second-order valence-corrected chi connectivity index (χ2v) is 6.44. The van der Waals surface area contributed by atoms with Gasteiger partial charge in [-0.1, -0.05) is 36.0 Å². The fourth-order valence-electron chi connectivity index (χ4n) is 2.29. The molecule has 0 unspecified atom stereocenters. The molecular formula is C19H18N4O3S. The maximum absolute atomic E-state index is 12.1. The van der Waals surface area contributed by atoms with Crippen LogP contribution < -0.4 is 10.6 Å². The Morgan fingerprint density at radius 1 is 1.07 bits per heavy atom. The molecule has 0 atom stereocenters. The van der Waals surface area contributed by atoms with Gasteiger partial charge < -0.3 is 15.1 Å². The summed E-state index contributed by atoms with van der Waals surface area (Å²) in [7, 11) is 0. The molecule has 2 N–H and O–H groups in total. The lowest BCUT2D eigenvalue weighted by Gasteiger charge is -2.07. The number of thioether (sulfide) groups is 1. The molecule has 0 saturated carbocycles. The van der Waals surface area contributed by atoms with Gasteiger partial charge in [-0.05, 0) is 37.3 Å². The minimum atomic E-state index is -0.229. The van der Waals surface area contributed by atoms with E-state index in [2.05, 4.69) is 20.8 Å². The molecule has 0 aliphatic rings.